The Labute approximate surface area is 91.5 Å². The molecule has 0 heterocycles. The molecule has 3 nitrogen and oxygen atoms in total. The zero-order valence-corrected chi connectivity index (χ0v) is 10.1. The summed E-state index contributed by atoms with van der Waals surface area (Å²) < 4.78 is 0. The number of aliphatic carboxylic acids is 1. The Balaban J connectivity index is 2.89. The number of carboxylic acids is 1. The van der Waals surface area contributed by atoms with Crippen molar-refractivity contribution in [3.05, 3.63) is 0 Å². The minimum absolute atomic E-state index is 0.391. The third-order valence-corrected chi connectivity index (χ3v) is 4.34. The lowest BCUT2D eigenvalue weighted by Gasteiger charge is -2.46. The monoisotopic (exact) mass is 214 g/mol. The molecule has 0 aromatic rings. The molecule has 0 aromatic heterocycles. The average Bonchev–Trinajstić information content (AvgIpc) is 2.11. The molecule has 0 amide bonds. The highest BCUT2D eigenvalue weighted by molar-refractivity contribution is 5.75. The van der Waals surface area contributed by atoms with Crippen LogP contribution in [0.5, 0.6) is 0 Å². The predicted octanol–water partition coefficient (Wildman–Crippen LogP) is 2.28. The lowest BCUT2D eigenvalue weighted by Crippen LogP contribution is -2.53. The molecular formula is C12H22O3. The van der Waals surface area contributed by atoms with Crippen molar-refractivity contribution in [2.75, 3.05) is 0 Å². The summed E-state index contributed by atoms with van der Waals surface area (Å²) in [6, 6.07) is 0. The highest BCUT2D eigenvalue weighted by Crippen LogP contribution is 2.46. The molecule has 0 saturated heterocycles. The van der Waals surface area contributed by atoms with Gasteiger partial charge in [-0.2, -0.15) is 0 Å². The maximum atomic E-state index is 11.2. The van der Waals surface area contributed by atoms with Gasteiger partial charge in [0, 0.05) is 0 Å². The summed E-state index contributed by atoms with van der Waals surface area (Å²) in [6.07, 6.45) is 2.10. The molecule has 3 unspecified atom stereocenters. The molecule has 0 aliphatic heterocycles. The molecule has 3 atom stereocenters. The Morgan fingerprint density at radius 3 is 2.27 bits per heavy atom. The molecule has 1 fully saturated rings. The van der Waals surface area contributed by atoms with Gasteiger partial charge in [-0.3, -0.25) is 4.79 Å². The second kappa shape index (κ2) is 3.78. The first-order valence-corrected chi connectivity index (χ1v) is 5.66. The van der Waals surface area contributed by atoms with E-state index in [-0.39, 0.29) is 0 Å². The van der Waals surface area contributed by atoms with Crippen LogP contribution in [0.1, 0.15) is 47.0 Å². The van der Waals surface area contributed by atoms with Crippen LogP contribution in [0.2, 0.25) is 0 Å². The van der Waals surface area contributed by atoms with Gasteiger partial charge in [0.2, 0.25) is 0 Å². The Bertz CT molecular complexity index is 260. The van der Waals surface area contributed by atoms with Crippen LogP contribution in [-0.4, -0.2) is 21.8 Å². The second-order valence-corrected chi connectivity index (χ2v) is 5.66. The van der Waals surface area contributed by atoms with Crippen molar-refractivity contribution < 1.29 is 15.0 Å². The minimum atomic E-state index is -1.05. The van der Waals surface area contributed by atoms with Crippen molar-refractivity contribution in [2.45, 2.75) is 52.6 Å². The van der Waals surface area contributed by atoms with E-state index < -0.39 is 17.0 Å². The summed E-state index contributed by atoms with van der Waals surface area (Å²) in [5, 5.41) is 19.6. The van der Waals surface area contributed by atoms with Crippen LogP contribution in [-0.2, 0) is 4.79 Å². The van der Waals surface area contributed by atoms with Crippen LogP contribution in [0.3, 0.4) is 0 Å². The Hall–Kier alpha value is -0.570. The summed E-state index contributed by atoms with van der Waals surface area (Å²) in [5.41, 5.74) is -2.10. The third kappa shape index (κ3) is 2.03. The quantitative estimate of drug-likeness (QED) is 0.741. The molecule has 0 bridgehead atoms. The first kappa shape index (κ1) is 12.5. The molecule has 0 aromatic carbocycles. The van der Waals surface area contributed by atoms with E-state index in [4.69, 9.17) is 5.11 Å². The molecule has 88 valence electrons. The fourth-order valence-electron chi connectivity index (χ4n) is 2.35. The summed E-state index contributed by atoms with van der Waals surface area (Å²) in [7, 11) is 0. The number of aliphatic hydroxyl groups is 1. The molecule has 3 heteroatoms. The molecule has 1 saturated carbocycles. The van der Waals surface area contributed by atoms with E-state index in [1.807, 2.05) is 0 Å². The fourth-order valence-corrected chi connectivity index (χ4v) is 2.35. The molecule has 15 heavy (non-hydrogen) atoms. The van der Waals surface area contributed by atoms with Crippen LogP contribution in [0.15, 0.2) is 0 Å². The molecule has 1 rings (SSSR count). The Morgan fingerprint density at radius 1 is 1.33 bits per heavy atom. The lowest BCUT2D eigenvalue weighted by atomic mass is 9.62. The van der Waals surface area contributed by atoms with Crippen molar-refractivity contribution in [1.82, 2.24) is 0 Å². The number of hydrogen-bond donors (Lipinski definition) is 2. The van der Waals surface area contributed by atoms with Gasteiger partial charge >= 0.3 is 5.97 Å². The summed E-state index contributed by atoms with van der Waals surface area (Å²) in [5.74, 6) is 0.0593. The maximum Gasteiger partial charge on any atom is 0.312 e. The van der Waals surface area contributed by atoms with Gasteiger partial charge in [-0.15, -0.1) is 0 Å². The summed E-state index contributed by atoms with van der Waals surface area (Å²) >= 11 is 0. The number of hydrogen-bond acceptors (Lipinski definition) is 2. The van der Waals surface area contributed by atoms with Gasteiger partial charge in [-0.05, 0) is 44.9 Å². The smallest absolute Gasteiger partial charge is 0.312 e. The largest absolute Gasteiger partial charge is 0.481 e. The number of rotatable bonds is 2. The molecule has 0 radical (unpaired) electrons. The van der Waals surface area contributed by atoms with E-state index in [0.717, 1.165) is 6.42 Å². The topological polar surface area (TPSA) is 57.5 Å². The second-order valence-electron chi connectivity index (χ2n) is 5.66. The van der Waals surface area contributed by atoms with E-state index in [0.29, 0.717) is 24.7 Å². The number of carbonyl (C=O) groups is 1. The van der Waals surface area contributed by atoms with E-state index in [2.05, 4.69) is 13.8 Å². The molecule has 1 aliphatic carbocycles. The summed E-state index contributed by atoms with van der Waals surface area (Å²) in [6.45, 7) is 7.50. The molecular weight excluding hydrogens is 192 g/mol. The van der Waals surface area contributed by atoms with Gasteiger partial charge in [-0.25, -0.2) is 0 Å². The molecule has 2 N–H and O–H groups in total. The van der Waals surface area contributed by atoms with Crippen LogP contribution >= 0.6 is 0 Å². The van der Waals surface area contributed by atoms with Crippen LogP contribution in [0.25, 0.3) is 0 Å². The van der Waals surface area contributed by atoms with Crippen molar-refractivity contribution in [2.24, 2.45) is 17.3 Å². The van der Waals surface area contributed by atoms with E-state index in [1.54, 1.807) is 13.8 Å². The Morgan fingerprint density at radius 2 is 1.87 bits per heavy atom. The van der Waals surface area contributed by atoms with Gasteiger partial charge in [0.25, 0.3) is 0 Å². The number of carboxylic acid groups (broad SMARTS) is 1. The van der Waals surface area contributed by atoms with Gasteiger partial charge in [0.1, 0.15) is 0 Å². The summed E-state index contributed by atoms with van der Waals surface area (Å²) in [4.78, 5) is 11.2. The fraction of sp³-hybridized carbons (Fsp3) is 0.917. The normalized spacial score (nSPS) is 37.7. The molecule has 1 aliphatic rings. The van der Waals surface area contributed by atoms with Crippen LogP contribution in [0.4, 0.5) is 0 Å². The van der Waals surface area contributed by atoms with E-state index in [1.165, 1.54) is 0 Å². The third-order valence-electron chi connectivity index (χ3n) is 4.34. The van der Waals surface area contributed by atoms with E-state index in [9.17, 15) is 9.90 Å². The molecule has 0 spiro atoms. The highest BCUT2D eigenvalue weighted by Gasteiger charge is 2.51. The van der Waals surface area contributed by atoms with Gasteiger partial charge in [-0.1, -0.05) is 13.8 Å². The van der Waals surface area contributed by atoms with Crippen LogP contribution < -0.4 is 0 Å². The van der Waals surface area contributed by atoms with Crippen molar-refractivity contribution in [3.63, 3.8) is 0 Å². The maximum absolute atomic E-state index is 11.2. The van der Waals surface area contributed by atoms with E-state index >= 15 is 0 Å². The predicted molar refractivity (Wildman–Crippen MR) is 58.5 cm³/mol. The standard InChI is InChI=1S/C12H22O3/c1-8-5-6-12(15,7-9(8)2)11(3,4)10(13)14/h8-9,15H,5-7H2,1-4H3,(H,13,14). The van der Waals surface area contributed by atoms with Crippen molar-refractivity contribution in [1.29, 1.82) is 0 Å². The highest BCUT2D eigenvalue weighted by atomic mass is 16.4. The van der Waals surface area contributed by atoms with Gasteiger partial charge < -0.3 is 10.2 Å². The minimum Gasteiger partial charge on any atom is -0.481 e. The SMILES string of the molecule is CC1CCC(O)(C(C)(C)C(=O)O)CC1C. The van der Waals surface area contributed by atoms with Crippen molar-refractivity contribution in [3.8, 4) is 0 Å². The van der Waals surface area contributed by atoms with Gasteiger partial charge in [0.05, 0.1) is 11.0 Å². The van der Waals surface area contributed by atoms with Crippen LogP contribution in [0, 0.1) is 17.3 Å². The van der Waals surface area contributed by atoms with Gasteiger partial charge in [0.15, 0.2) is 0 Å². The zero-order valence-electron chi connectivity index (χ0n) is 10.1. The lowest BCUT2D eigenvalue weighted by molar-refractivity contribution is -0.173. The Kier molecular flexibility index (Phi) is 3.15. The first-order valence-electron chi connectivity index (χ1n) is 5.66. The first-order chi connectivity index (χ1) is 6.71. The van der Waals surface area contributed by atoms with Crippen molar-refractivity contribution >= 4 is 5.97 Å². The zero-order chi connectivity index (χ0) is 11.9. The average molecular weight is 214 g/mol.